The minimum atomic E-state index is -0.915. The molecular formula is C14H16Cl2N2O2. The number of rotatable bonds is 5. The zero-order valence-corrected chi connectivity index (χ0v) is 12.6. The molecule has 1 aromatic carbocycles. The van der Waals surface area contributed by atoms with Gasteiger partial charge in [-0.3, -0.25) is 9.59 Å². The molecule has 6 heteroatoms. The molecule has 1 aromatic rings. The third-order valence-electron chi connectivity index (χ3n) is 3.33. The van der Waals surface area contributed by atoms with E-state index in [4.69, 9.17) is 23.2 Å². The van der Waals surface area contributed by atoms with Crippen LogP contribution in [0.4, 0.5) is 5.69 Å². The van der Waals surface area contributed by atoms with Gasteiger partial charge in [-0.05, 0) is 37.5 Å². The van der Waals surface area contributed by atoms with Gasteiger partial charge in [-0.2, -0.15) is 0 Å². The van der Waals surface area contributed by atoms with Crippen LogP contribution in [0.15, 0.2) is 18.2 Å². The third kappa shape index (κ3) is 3.07. The van der Waals surface area contributed by atoms with Gasteiger partial charge in [-0.25, -0.2) is 0 Å². The number of halogens is 2. The van der Waals surface area contributed by atoms with Crippen molar-refractivity contribution in [1.29, 1.82) is 0 Å². The summed E-state index contributed by atoms with van der Waals surface area (Å²) in [4.78, 5) is 24.3. The first kappa shape index (κ1) is 15.1. The molecule has 1 aliphatic rings. The summed E-state index contributed by atoms with van der Waals surface area (Å²) in [6.45, 7) is 2.55. The molecule has 1 aliphatic carbocycles. The highest BCUT2D eigenvalue weighted by Crippen LogP contribution is 2.47. The molecule has 1 fully saturated rings. The van der Waals surface area contributed by atoms with Gasteiger partial charge in [0.15, 0.2) is 0 Å². The lowest BCUT2D eigenvalue weighted by Crippen LogP contribution is -2.40. The molecule has 1 saturated carbocycles. The van der Waals surface area contributed by atoms with Crippen LogP contribution in [0.5, 0.6) is 0 Å². The predicted octanol–water partition coefficient (Wildman–Crippen LogP) is 3.24. The summed E-state index contributed by atoms with van der Waals surface area (Å²) in [5.41, 5.74) is -0.375. The highest BCUT2D eigenvalue weighted by Gasteiger charge is 2.56. The van der Waals surface area contributed by atoms with E-state index in [-0.39, 0.29) is 11.8 Å². The molecule has 0 spiro atoms. The van der Waals surface area contributed by atoms with Crippen molar-refractivity contribution in [2.24, 2.45) is 5.41 Å². The van der Waals surface area contributed by atoms with Crippen LogP contribution < -0.4 is 10.6 Å². The number of carbonyl (C=O) groups is 2. The second kappa shape index (κ2) is 6.02. The first-order valence-corrected chi connectivity index (χ1v) is 7.30. The summed E-state index contributed by atoms with van der Waals surface area (Å²) in [6, 6.07) is 4.84. The Bertz CT molecular complexity index is 542. The normalized spacial score (nSPS) is 15.6. The van der Waals surface area contributed by atoms with Crippen molar-refractivity contribution in [1.82, 2.24) is 5.32 Å². The summed E-state index contributed by atoms with van der Waals surface area (Å²) in [7, 11) is 0. The summed E-state index contributed by atoms with van der Waals surface area (Å²) < 4.78 is 0. The van der Waals surface area contributed by atoms with Gasteiger partial charge in [-0.1, -0.05) is 30.1 Å². The summed E-state index contributed by atoms with van der Waals surface area (Å²) in [5, 5.41) is 6.29. The SMILES string of the molecule is CCCNC(=O)C1(C(=O)Nc2ccc(Cl)c(Cl)c2)CC1. The molecule has 0 unspecified atom stereocenters. The van der Waals surface area contributed by atoms with Crippen LogP contribution >= 0.6 is 23.2 Å². The van der Waals surface area contributed by atoms with Gasteiger partial charge < -0.3 is 10.6 Å². The van der Waals surface area contributed by atoms with Gasteiger partial charge in [0, 0.05) is 12.2 Å². The van der Waals surface area contributed by atoms with Crippen molar-refractivity contribution in [3.05, 3.63) is 28.2 Å². The van der Waals surface area contributed by atoms with Crippen LogP contribution in [0, 0.1) is 5.41 Å². The van der Waals surface area contributed by atoms with Crippen LogP contribution in [0.1, 0.15) is 26.2 Å². The number of anilines is 1. The third-order valence-corrected chi connectivity index (χ3v) is 4.07. The number of nitrogens with one attached hydrogen (secondary N) is 2. The van der Waals surface area contributed by atoms with Crippen LogP contribution in [0.3, 0.4) is 0 Å². The average molecular weight is 315 g/mol. The highest BCUT2D eigenvalue weighted by atomic mass is 35.5. The Morgan fingerprint density at radius 3 is 2.45 bits per heavy atom. The molecule has 0 aliphatic heterocycles. The Morgan fingerprint density at radius 2 is 1.90 bits per heavy atom. The van der Waals surface area contributed by atoms with Crippen molar-refractivity contribution in [2.75, 3.05) is 11.9 Å². The van der Waals surface area contributed by atoms with E-state index >= 15 is 0 Å². The van der Waals surface area contributed by atoms with E-state index in [1.54, 1.807) is 18.2 Å². The average Bonchev–Trinajstić information content (AvgIpc) is 3.22. The first-order valence-electron chi connectivity index (χ1n) is 6.54. The number of carbonyl (C=O) groups excluding carboxylic acids is 2. The van der Waals surface area contributed by atoms with E-state index in [0.29, 0.717) is 35.1 Å². The fourth-order valence-corrected chi connectivity index (χ4v) is 2.21. The molecule has 20 heavy (non-hydrogen) atoms. The minimum Gasteiger partial charge on any atom is -0.355 e. The first-order chi connectivity index (χ1) is 9.49. The second-order valence-corrected chi connectivity index (χ2v) is 5.74. The summed E-state index contributed by atoms with van der Waals surface area (Å²) in [5.74, 6) is -0.485. The lowest BCUT2D eigenvalue weighted by atomic mass is 10.0. The van der Waals surface area contributed by atoms with E-state index < -0.39 is 5.41 Å². The Labute approximate surface area is 127 Å². The summed E-state index contributed by atoms with van der Waals surface area (Å²) >= 11 is 11.7. The van der Waals surface area contributed by atoms with Crippen LogP contribution in [0.2, 0.25) is 10.0 Å². The number of hydrogen-bond acceptors (Lipinski definition) is 2. The van der Waals surface area contributed by atoms with Crippen LogP contribution in [0.25, 0.3) is 0 Å². The lowest BCUT2D eigenvalue weighted by Gasteiger charge is -2.15. The van der Waals surface area contributed by atoms with Gasteiger partial charge >= 0.3 is 0 Å². The van der Waals surface area contributed by atoms with E-state index in [0.717, 1.165) is 6.42 Å². The predicted molar refractivity (Wildman–Crippen MR) is 80.1 cm³/mol. The van der Waals surface area contributed by atoms with Crippen LogP contribution in [-0.2, 0) is 9.59 Å². The van der Waals surface area contributed by atoms with Crippen molar-refractivity contribution >= 4 is 40.7 Å². The quantitative estimate of drug-likeness (QED) is 0.820. The maximum atomic E-state index is 12.2. The second-order valence-electron chi connectivity index (χ2n) is 4.92. The van der Waals surface area contributed by atoms with Crippen molar-refractivity contribution in [2.45, 2.75) is 26.2 Å². The van der Waals surface area contributed by atoms with Crippen molar-refractivity contribution < 1.29 is 9.59 Å². The Hall–Kier alpha value is -1.26. The molecule has 2 amide bonds. The van der Waals surface area contributed by atoms with Gasteiger partial charge in [0.1, 0.15) is 5.41 Å². The van der Waals surface area contributed by atoms with E-state index in [2.05, 4.69) is 10.6 Å². The Kier molecular flexibility index (Phi) is 4.55. The molecule has 0 saturated heterocycles. The molecule has 0 radical (unpaired) electrons. The molecule has 2 rings (SSSR count). The molecule has 0 aromatic heterocycles. The zero-order chi connectivity index (χ0) is 14.8. The smallest absolute Gasteiger partial charge is 0.240 e. The molecule has 0 bridgehead atoms. The standard InChI is InChI=1S/C14H16Cl2N2O2/c1-2-7-17-12(19)14(5-6-14)13(20)18-9-3-4-10(15)11(16)8-9/h3-4,8H,2,5-7H2,1H3,(H,17,19)(H,18,20). The highest BCUT2D eigenvalue weighted by molar-refractivity contribution is 6.42. The largest absolute Gasteiger partial charge is 0.355 e. The van der Waals surface area contributed by atoms with Crippen molar-refractivity contribution in [3.8, 4) is 0 Å². The molecular weight excluding hydrogens is 299 g/mol. The minimum absolute atomic E-state index is 0.197. The maximum Gasteiger partial charge on any atom is 0.240 e. The number of hydrogen-bond donors (Lipinski definition) is 2. The fraction of sp³-hybridized carbons (Fsp3) is 0.429. The van der Waals surface area contributed by atoms with Gasteiger partial charge in [0.05, 0.1) is 10.0 Å². The number of benzene rings is 1. The van der Waals surface area contributed by atoms with E-state index in [1.165, 1.54) is 0 Å². The topological polar surface area (TPSA) is 58.2 Å². The molecule has 4 nitrogen and oxygen atoms in total. The van der Waals surface area contributed by atoms with E-state index in [1.807, 2.05) is 6.92 Å². The number of amides is 2. The monoisotopic (exact) mass is 314 g/mol. The van der Waals surface area contributed by atoms with Gasteiger partial charge in [0.25, 0.3) is 0 Å². The Balaban J connectivity index is 2.04. The fourth-order valence-electron chi connectivity index (χ4n) is 1.91. The van der Waals surface area contributed by atoms with E-state index in [9.17, 15) is 9.59 Å². The van der Waals surface area contributed by atoms with Gasteiger partial charge in [-0.15, -0.1) is 0 Å². The Morgan fingerprint density at radius 1 is 1.20 bits per heavy atom. The lowest BCUT2D eigenvalue weighted by molar-refractivity contribution is -0.134. The van der Waals surface area contributed by atoms with Gasteiger partial charge in [0.2, 0.25) is 11.8 Å². The maximum absolute atomic E-state index is 12.2. The molecule has 0 heterocycles. The van der Waals surface area contributed by atoms with Crippen LogP contribution in [-0.4, -0.2) is 18.4 Å². The molecule has 0 atom stereocenters. The molecule has 108 valence electrons. The molecule has 2 N–H and O–H groups in total. The zero-order valence-electron chi connectivity index (χ0n) is 11.1. The van der Waals surface area contributed by atoms with Crippen molar-refractivity contribution in [3.63, 3.8) is 0 Å². The summed E-state index contributed by atoms with van der Waals surface area (Å²) in [6.07, 6.45) is 2.00.